The molecule has 5 nitrogen and oxygen atoms in total. The topological polar surface area (TPSA) is 80.7 Å². The van der Waals surface area contributed by atoms with E-state index in [0.717, 1.165) is 5.56 Å². The monoisotopic (exact) mass is 272 g/mol. The molecule has 6 heteroatoms. The Bertz CT molecular complexity index is 480. The number of hydrogen-bond donors (Lipinski definition) is 1. The molecule has 0 aliphatic heterocycles. The third-order valence-corrected chi connectivity index (χ3v) is 3.08. The fourth-order valence-electron chi connectivity index (χ4n) is 1.49. The molecule has 100 valence electrons. The van der Waals surface area contributed by atoms with Gasteiger partial charge in [-0.1, -0.05) is 37.3 Å². The Labute approximate surface area is 107 Å². The SMILES string of the molecule is CC(CCOC(=O)CS(=O)(=O)O)c1ccccc1. The summed E-state index contributed by atoms with van der Waals surface area (Å²) in [5, 5.41) is 0. The molecular weight excluding hydrogens is 256 g/mol. The second-order valence-electron chi connectivity index (χ2n) is 4.05. The van der Waals surface area contributed by atoms with Crippen LogP contribution in [0.2, 0.25) is 0 Å². The summed E-state index contributed by atoms with van der Waals surface area (Å²) in [5.41, 5.74) is 1.13. The van der Waals surface area contributed by atoms with Gasteiger partial charge in [-0.05, 0) is 17.9 Å². The first-order valence-electron chi connectivity index (χ1n) is 5.54. The second-order valence-corrected chi connectivity index (χ2v) is 5.50. The fourth-order valence-corrected chi connectivity index (χ4v) is 1.87. The van der Waals surface area contributed by atoms with Crippen LogP contribution >= 0.6 is 0 Å². The Morgan fingerprint density at radius 3 is 2.50 bits per heavy atom. The van der Waals surface area contributed by atoms with Crippen LogP contribution in [0.25, 0.3) is 0 Å². The number of carbonyl (C=O) groups is 1. The molecule has 0 aromatic heterocycles. The van der Waals surface area contributed by atoms with E-state index < -0.39 is 21.8 Å². The van der Waals surface area contributed by atoms with E-state index in [1.54, 1.807) is 0 Å². The van der Waals surface area contributed by atoms with Crippen LogP contribution in [-0.2, 0) is 19.6 Å². The zero-order chi connectivity index (χ0) is 13.6. The predicted octanol–water partition coefficient (Wildman–Crippen LogP) is 1.61. The molecule has 0 radical (unpaired) electrons. The summed E-state index contributed by atoms with van der Waals surface area (Å²) in [5.74, 6) is -1.71. The molecule has 0 bridgehead atoms. The standard InChI is InChI=1S/C12H16O5S/c1-10(11-5-3-2-4-6-11)7-8-17-12(13)9-18(14,15)16/h2-6,10H,7-9H2,1H3,(H,14,15,16). The van der Waals surface area contributed by atoms with Crippen molar-refractivity contribution in [3.05, 3.63) is 35.9 Å². The maximum absolute atomic E-state index is 11.0. The summed E-state index contributed by atoms with van der Waals surface area (Å²) < 4.78 is 34.0. The normalized spacial score (nSPS) is 13.0. The fraction of sp³-hybridized carbons (Fsp3) is 0.417. The molecule has 0 fully saturated rings. The zero-order valence-electron chi connectivity index (χ0n) is 10.1. The Morgan fingerprint density at radius 1 is 1.33 bits per heavy atom. The summed E-state index contributed by atoms with van der Waals surface area (Å²) in [7, 11) is -4.30. The zero-order valence-corrected chi connectivity index (χ0v) is 10.9. The lowest BCUT2D eigenvalue weighted by Crippen LogP contribution is -2.18. The van der Waals surface area contributed by atoms with Crippen LogP contribution in [0, 0.1) is 0 Å². The summed E-state index contributed by atoms with van der Waals surface area (Å²) in [4.78, 5) is 11.0. The summed E-state index contributed by atoms with van der Waals surface area (Å²) in [6.07, 6.45) is 0.598. The molecule has 1 N–H and O–H groups in total. The van der Waals surface area contributed by atoms with Crippen LogP contribution in [0.3, 0.4) is 0 Å². The van der Waals surface area contributed by atoms with Crippen molar-refractivity contribution in [1.29, 1.82) is 0 Å². The maximum Gasteiger partial charge on any atom is 0.323 e. The van der Waals surface area contributed by atoms with Gasteiger partial charge >= 0.3 is 5.97 Å². The smallest absolute Gasteiger partial charge is 0.323 e. The molecule has 0 heterocycles. The van der Waals surface area contributed by atoms with Crippen molar-refractivity contribution in [1.82, 2.24) is 0 Å². The quantitative estimate of drug-likeness (QED) is 0.628. The van der Waals surface area contributed by atoms with Crippen molar-refractivity contribution in [2.45, 2.75) is 19.3 Å². The van der Waals surface area contributed by atoms with E-state index in [0.29, 0.717) is 6.42 Å². The first kappa shape index (κ1) is 14.7. The van der Waals surface area contributed by atoms with Gasteiger partial charge in [0.1, 0.15) is 0 Å². The number of carbonyl (C=O) groups excluding carboxylic acids is 1. The van der Waals surface area contributed by atoms with Gasteiger partial charge in [0.15, 0.2) is 5.75 Å². The van der Waals surface area contributed by atoms with Gasteiger partial charge < -0.3 is 4.74 Å². The number of rotatable bonds is 6. The lowest BCUT2D eigenvalue weighted by Gasteiger charge is -2.11. The minimum atomic E-state index is -4.30. The highest BCUT2D eigenvalue weighted by Gasteiger charge is 2.14. The van der Waals surface area contributed by atoms with E-state index in [1.807, 2.05) is 37.3 Å². The van der Waals surface area contributed by atoms with Crippen LogP contribution in [0.5, 0.6) is 0 Å². The van der Waals surface area contributed by atoms with E-state index in [4.69, 9.17) is 9.29 Å². The average Bonchev–Trinajstić information content (AvgIpc) is 2.27. The molecule has 0 aliphatic rings. The summed E-state index contributed by atoms with van der Waals surface area (Å²) in [6, 6.07) is 9.73. The Balaban J connectivity index is 2.32. The number of esters is 1. The second kappa shape index (κ2) is 6.51. The van der Waals surface area contributed by atoms with Gasteiger partial charge in [-0.3, -0.25) is 9.35 Å². The van der Waals surface area contributed by atoms with Crippen LogP contribution in [-0.4, -0.2) is 31.3 Å². The molecule has 1 rings (SSSR count). The highest BCUT2D eigenvalue weighted by molar-refractivity contribution is 7.86. The number of benzene rings is 1. The number of hydrogen-bond acceptors (Lipinski definition) is 4. The van der Waals surface area contributed by atoms with Crippen molar-refractivity contribution in [3.8, 4) is 0 Å². The molecule has 0 spiro atoms. The Morgan fingerprint density at radius 2 is 1.94 bits per heavy atom. The van der Waals surface area contributed by atoms with Crippen LogP contribution in [0.4, 0.5) is 0 Å². The highest BCUT2D eigenvalue weighted by Crippen LogP contribution is 2.18. The van der Waals surface area contributed by atoms with E-state index in [9.17, 15) is 13.2 Å². The third kappa shape index (κ3) is 5.79. The molecule has 1 aromatic carbocycles. The van der Waals surface area contributed by atoms with Crippen molar-refractivity contribution < 1.29 is 22.5 Å². The first-order valence-corrected chi connectivity index (χ1v) is 7.15. The van der Waals surface area contributed by atoms with Crippen molar-refractivity contribution in [3.63, 3.8) is 0 Å². The Hall–Kier alpha value is -1.40. The largest absolute Gasteiger partial charge is 0.465 e. The van der Waals surface area contributed by atoms with Crippen molar-refractivity contribution >= 4 is 16.1 Å². The van der Waals surface area contributed by atoms with Gasteiger partial charge in [0.2, 0.25) is 0 Å². The maximum atomic E-state index is 11.0. The van der Waals surface area contributed by atoms with Gasteiger partial charge in [0, 0.05) is 0 Å². The van der Waals surface area contributed by atoms with Crippen molar-refractivity contribution in [2.75, 3.05) is 12.4 Å². The van der Waals surface area contributed by atoms with Crippen LogP contribution in [0.15, 0.2) is 30.3 Å². The van der Waals surface area contributed by atoms with Crippen LogP contribution < -0.4 is 0 Å². The van der Waals surface area contributed by atoms with E-state index in [2.05, 4.69) is 0 Å². The first-order chi connectivity index (χ1) is 8.38. The van der Waals surface area contributed by atoms with Gasteiger partial charge in [-0.2, -0.15) is 8.42 Å². The summed E-state index contributed by atoms with van der Waals surface area (Å²) in [6.45, 7) is 2.12. The van der Waals surface area contributed by atoms with E-state index >= 15 is 0 Å². The molecule has 0 aliphatic carbocycles. The Kier molecular flexibility index (Phi) is 5.30. The van der Waals surface area contributed by atoms with E-state index in [1.165, 1.54) is 0 Å². The average molecular weight is 272 g/mol. The van der Waals surface area contributed by atoms with E-state index in [-0.39, 0.29) is 12.5 Å². The molecule has 18 heavy (non-hydrogen) atoms. The molecular formula is C12H16O5S. The summed E-state index contributed by atoms with van der Waals surface area (Å²) >= 11 is 0. The molecule has 0 amide bonds. The van der Waals surface area contributed by atoms with Crippen molar-refractivity contribution in [2.24, 2.45) is 0 Å². The van der Waals surface area contributed by atoms with Gasteiger partial charge in [0.05, 0.1) is 6.61 Å². The molecule has 1 aromatic rings. The minimum absolute atomic E-state index is 0.129. The third-order valence-electron chi connectivity index (χ3n) is 2.48. The lowest BCUT2D eigenvalue weighted by molar-refractivity contribution is -0.140. The van der Waals surface area contributed by atoms with Gasteiger partial charge in [-0.15, -0.1) is 0 Å². The van der Waals surface area contributed by atoms with Gasteiger partial charge in [-0.25, -0.2) is 0 Å². The lowest BCUT2D eigenvalue weighted by atomic mass is 9.98. The minimum Gasteiger partial charge on any atom is -0.465 e. The molecule has 1 atom stereocenters. The highest BCUT2D eigenvalue weighted by atomic mass is 32.2. The predicted molar refractivity (Wildman–Crippen MR) is 66.8 cm³/mol. The van der Waals surface area contributed by atoms with Gasteiger partial charge in [0.25, 0.3) is 10.1 Å². The molecule has 0 saturated heterocycles. The van der Waals surface area contributed by atoms with Crippen LogP contribution in [0.1, 0.15) is 24.8 Å². The molecule has 0 saturated carbocycles. The molecule has 1 unspecified atom stereocenters. The number of ether oxygens (including phenoxy) is 1.